The van der Waals surface area contributed by atoms with Crippen molar-refractivity contribution in [2.75, 3.05) is 11.9 Å². The molecule has 0 saturated heterocycles. The van der Waals surface area contributed by atoms with Crippen LogP contribution in [0.2, 0.25) is 0 Å². The van der Waals surface area contributed by atoms with Gasteiger partial charge in [-0.05, 0) is 32.6 Å². The molecule has 2 aromatic heterocycles. The summed E-state index contributed by atoms with van der Waals surface area (Å²) in [4.78, 5) is 8.49. The van der Waals surface area contributed by atoms with E-state index < -0.39 is 0 Å². The van der Waals surface area contributed by atoms with E-state index in [1.165, 1.54) is 12.8 Å². The highest BCUT2D eigenvalue weighted by Gasteiger charge is 2.31. The smallest absolute Gasteiger partial charge is 0.184 e. The quantitative estimate of drug-likeness (QED) is 0.867. The molecular formula is C11H16N6. The van der Waals surface area contributed by atoms with Crippen molar-refractivity contribution >= 4 is 17.0 Å². The summed E-state index contributed by atoms with van der Waals surface area (Å²) in [6.45, 7) is 5.03. The Bertz CT molecular complexity index is 530. The van der Waals surface area contributed by atoms with Gasteiger partial charge in [-0.3, -0.25) is 0 Å². The molecule has 2 aromatic rings. The largest absolute Gasteiger partial charge is 0.368 e. The molecule has 1 atom stereocenters. The van der Waals surface area contributed by atoms with Crippen molar-refractivity contribution in [2.45, 2.75) is 32.7 Å². The monoisotopic (exact) mass is 232 g/mol. The maximum absolute atomic E-state index is 4.30. The Kier molecular flexibility index (Phi) is 2.42. The van der Waals surface area contributed by atoms with Crippen LogP contribution in [0.1, 0.15) is 32.7 Å². The van der Waals surface area contributed by atoms with Crippen LogP contribution >= 0.6 is 0 Å². The normalized spacial score (nSPS) is 17.3. The molecular weight excluding hydrogens is 216 g/mol. The lowest BCUT2D eigenvalue weighted by molar-refractivity contribution is 0.438. The van der Waals surface area contributed by atoms with E-state index in [2.05, 4.69) is 32.5 Å². The number of nitrogens with one attached hydrogen (secondary N) is 1. The molecule has 0 amide bonds. The van der Waals surface area contributed by atoms with Crippen LogP contribution in [-0.4, -0.2) is 31.5 Å². The van der Waals surface area contributed by atoms with Crippen molar-refractivity contribution in [1.29, 1.82) is 0 Å². The van der Waals surface area contributed by atoms with E-state index in [1.807, 2.05) is 11.6 Å². The van der Waals surface area contributed by atoms with Crippen LogP contribution in [0.3, 0.4) is 0 Å². The van der Waals surface area contributed by atoms with Gasteiger partial charge in [0.2, 0.25) is 0 Å². The standard InChI is InChI=1S/C11H16N6/c1-3-12-10-9-11(14-6-13-10)17(16-15-9)7(2)8-4-5-8/h6-8H,3-5H2,1-2H3,(H,12,13,14). The fourth-order valence-corrected chi connectivity index (χ4v) is 2.11. The molecule has 1 fully saturated rings. The maximum Gasteiger partial charge on any atom is 0.184 e. The van der Waals surface area contributed by atoms with Crippen LogP contribution in [-0.2, 0) is 0 Å². The number of rotatable bonds is 4. The van der Waals surface area contributed by atoms with Gasteiger partial charge in [0.25, 0.3) is 0 Å². The van der Waals surface area contributed by atoms with E-state index in [1.54, 1.807) is 6.33 Å². The van der Waals surface area contributed by atoms with Gasteiger partial charge in [0, 0.05) is 6.54 Å². The van der Waals surface area contributed by atoms with Gasteiger partial charge in [-0.25, -0.2) is 14.6 Å². The lowest BCUT2D eigenvalue weighted by Gasteiger charge is -2.10. The number of fused-ring (bicyclic) bond motifs is 1. The predicted octanol–water partition coefficient (Wildman–Crippen LogP) is 1.62. The third-order valence-corrected chi connectivity index (χ3v) is 3.30. The summed E-state index contributed by atoms with van der Waals surface area (Å²) in [5.41, 5.74) is 1.59. The van der Waals surface area contributed by atoms with Crippen molar-refractivity contribution in [3.05, 3.63) is 6.33 Å². The molecule has 2 heterocycles. The topological polar surface area (TPSA) is 68.5 Å². The van der Waals surface area contributed by atoms with Crippen molar-refractivity contribution in [1.82, 2.24) is 25.0 Å². The van der Waals surface area contributed by atoms with Gasteiger partial charge in [-0.1, -0.05) is 5.21 Å². The van der Waals surface area contributed by atoms with E-state index in [0.717, 1.165) is 29.4 Å². The van der Waals surface area contributed by atoms with Crippen LogP contribution in [0.25, 0.3) is 11.2 Å². The SMILES string of the molecule is CCNc1ncnc2c1nnn2C(C)C1CC1. The van der Waals surface area contributed by atoms with Gasteiger partial charge in [0.1, 0.15) is 6.33 Å². The summed E-state index contributed by atoms with van der Waals surface area (Å²) in [6, 6.07) is 0.379. The van der Waals surface area contributed by atoms with Gasteiger partial charge < -0.3 is 5.32 Å². The summed E-state index contributed by atoms with van der Waals surface area (Å²) in [5.74, 6) is 1.50. The van der Waals surface area contributed by atoms with Gasteiger partial charge >= 0.3 is 0 Å². The van der Waals surface area contributed by atoms with Crippen LogP contribution in [0.5, 0.6) is 0 Å². The third kappa shape index (κ3) is 1.73. The number of nitrogens with zero attached hydrogens (tertiary/aromatic N) is 5. The third-order valence-electron chi connectivity index (χ3n) is 3.30. The molecule has 0 radical (unpaired) electrons. The Morgan fingerprint density at radius 1 is 1.47 bits per heavy atom. The molecule has 0 spiro atoms. The highest BCUT2D eigenvalue weighted by Crippen LogP contribution is 2.39. The minimum Gasteiger partial charge on any atom is -0.368 e. The second-order valence-electron chi connectivity index (χ2n) is 4.54. The molecule has 3 rings (SSSR count). The number of hydrogen-bond acceptors (Lipinski definition) is 5. The molecule has 6 heteroatoms. The van der Waals surface area contributed by atoms with Gasteiger partial charge in [-0.15, -0.1) is 5.10 Å². The van der Waals surface area contributed by atoms with Gasteiger partial charge in [0.15, 0.2) is 17.0 Å². The molecule has 0 bridgehead atoms. The average molecular weight is 232 g/mol. The number of anilines is 1. The van der Waals surface area contributed by atoms with Crippen LogP contribution in [0, 0.1) is 5.92 Å². The number of aromatic nitrogens is 5. The first-order valence-electron chi connectivity index (χ1n) is 6.11. The van der Waals surface area contributed by atoms with E-state index in [0.29, 0.717) is 6.04 Å². The Morgan fingerprint density at radius 2 is 2.29 bits per heavy atom. The van der Waals surface area contributed by atoms with E-state index in [9.17, 15) is 0 Å². The summed E-state index contributed by atoms with van der Waals surface area (Å²) in [6.07, 6.45) is 4.14. The Hall–Kier alpha value is -1.72. The summed E-state index contributed by atoms with van der Waals surface area (Å²) in [7, 11) is 0. The second-order valence-corrected chi connectivity index (χ2v) is 4.54. The lowest BCUT2D eigenvalue weighted by Crippen LogP contribution is -2.10. The molecule has 0 aromatic carbocycles. The minimum absolute atomic E-state index is 0.379. The average Bonchev–Trinajstić information content (AvgIpc) is 3.09. The molecule has 1 aliphatic carbocycles. The molecule has 1 saturated carbocycles. The summed E-state index contributed by atoms with van der Waals surface area (Å²) in [5, 5.41) is 11.6. The second kappa shape index (κ2) is 3.94. The van der Waals surface area contributed by atoms with Crippen molar-refractivity contribution in [3.63, 3.8) is 0 Å². The Labute approximate surface area is 99.4 Å². The zero-order chi connectivity index (χ0) is 11.8. The molecule has 1 aliphatic rings. The lowest BCUT2D eigenvalue weighted by atomic mass is 10.2. The van der Waals surface area contributed by atoms with E-state index in [4.69, 9.17) is 0 Å². The zero-order valence-electron chi connectivity index (χ0n) is 10.1. The van der Waals surface area contributed by atoms with E-state index >= 15 is 0 Å². The molecule has 0 aliphatic heterocycles. The summed E-state index contributed by atoms with van der Waals surface area (Å²) >= 11 is 0. The fourth-order valence-electron chi connectivity index (χ4n) is 2.11. The van der Waals surface area contributed by atoms with Crippen molar-refractivity contribution in [3.8, 4) is 0 Å². The fraction of sp³-hybridized carbons (Fsp3) is 0.636. The van der Waals surface area contributed by atoms with Crippen molar-refractivity contribution in [2.24, 2.45) is 5.92 Å². The van der Waals surface area contributed by atoms with Crippen LogP contribution in [0.4, 0.5) is 5.82 Å². The highest BCUT2D eigenvalue weighted by molar-refractivity contribution is 5.81. The van der Waals surface area contributed by atoms with Crippen LogP contribution in [0.15, 0.2) is 6.33 Å². The zero-order valence-corrected chi connectivity index (χ0v) is 10.1. The molecule has 90 valence electrons. The predicted molar refractivity (Wildman–Crippen MR) is 64.7 cm³/mol. The van der Waals surface area contributed by atoms with Crippen molar-refractivity contribution < 1.29 is 0 Å². The van der Waals surface area contributed by atoms with Gasteiger partial charge in [-0.2, -0.15) is 0 Å². The van der Waals surface area contributed by atoms with Crippen LogP contribution < -0.4 is 5.32 Å². The first-order chi connectivity index (χ1) is 8.31. The Morgan fingerprint density at radius 3 is 3.00 bits per heavy atom. The molecule has 6 nitrogen and oxygen atoms in total. The first-order valence-corrected chi connectivity index (χ1v) is 6.11. The number of hydrogen-bond donors (Lipinski definition) is 1. The molecule has 1 N–H and O–H groups in total. The molecule has 1 unspecified atom stereocenters. The van der Waals surface area contributed by atoms with Gasteiger partial charge in [0.05, 0.1) is 6.04 Å². The highest BCUT2D eigenvalue weighted by atomic mass is 15.5. The minimum atomic E-state index is 0.379. The molecule has 17 heavy (non-hydrogen) atoms. The summed E-state index contributed by atoms with van der Waals surface area (Å²) < 4.78 is 1.93. The maximum atomic E-state index is 4.30. The first kappa shape index (κ1) is 10.4. The Balaban J connectivity index is 2.05. The van der Waals surface area contributed by atoms with E-state index in [-0.39, 0.29) is 0 Å².